The lowest BCUT2D eigenvalue weighted by Gasteiger charge is -2.17. The number of amides is 1. The molecule has 0 bridgehead atoms. The number of fused-ring (bicyclic) bond motifs is 1. The predicted molar refractivity (Wildman–Crippen MR) is 98.6 cm³/mol. The van der Waals surface area contributed by atoms with E-state index >= 15 is 0 Å². The maximum absolute atomic E-state index is 13.0. The van der Waals surface area contributed by atoms with Gasteiger partial charge in [-0.15, -0.1) is 0 Å². The number of hydrogen-bond donors (Lipinski definition) is 1. The van der Waals surface area contributed by atoms with Crippen LogP contribution in [0.5, 0.6) is 5.75 Å². The standard InChI is InChI=1S/C19H23F3N4O3/c1-13(12-29-15-8-5-4-7-14(15)19(20,21)22)23-17(27)11-26-18(28)25-10-6-2-3-9-16(25)24-26/h4-5,7-8,13H,2-3,6,9-12H2,1H3,(H,23,27). The van der Waals surface area contributed by atoms with Gasteiger partial charge in [0.25, 0.3) is 0 Å². The van der Waals surface area contributed by atoms with Crippen LogP contribution in [0.15, 0.2) is 29.1 Å². The largest absolute Gasteiger partial charge is 0.491 e. The van der Waals surface area contributed by atoms with Gasteiger partial charge in [0.2, 0.25) is 5.91 Å². The number of halogens is 3. The summed E-state index contributed by atoms with van der Waals surface area (Å²) in [4.78, 5) is 24.6. The highest BCUT2D eigenvalue weighted by molar-refractivity contribution is 5.75. The van der Waals surface area contributed by atoms with E-state index < -0.39 is 23.7 Å². The van der Waals surface area contributed by atoms with Gasteiger partial charge in [-0.1, -0.05) is 18.6 Å². The first-order chi connectivity index (χ1) is 13.8. The number of alkyl halides is 3. The number of benzene rings is 1. The minimum Gasteiger partial charge on any atom is -0.491 e. The number of para-hydroxylation sites is 1. The SMILES string of the molecule is CC(COc1ccccc1C(F)(F)F)NC(=O)Cn1nc2n(c1=O)CCCCC2. The third kappa shape index (κ3) is 5.18. The fraction of sp³-hybridized carbons (Fsp3) is 0.526. The Kier molecular flexibility index (Phi) is 6.29. The van der Waals surface area contributed by atoms with Crippen molar-refractivity contribution >= 4 is 5.91 Å². The monoisotopic (exact) mass is 412 g/mol. The minimum atomic E-state index is -4.52. The molecule has 1 amide bonds. The zero-order valence-electron chi connectivity index (χ0n) is 16.0. The smallest absolute Gasteiger partial charge is 0.419 e. The second-order valence-corrected chi connectivity index (χ2v) is 7.09. The summed E-state index contributed by atoms with van der Waals surface area (Å²) in [5, 5.41) is 6.86. The Hall–Kier alpha value is -2.78. The average Bonchev–Trinajstić information content (AvgIpc) is 2.83. The second kappa shape index (κ2) is 8.71. The second-order valence-electron chi connectivity index (χ2n) is 7.09. The van der Waals surface area contributed by atoms with Gasteiger partial charge in [0.05, 0.1) is 11.6 Å². The van der Waals surface area contributed by atoms with E-state index in [0.29, 0.717) is 18.8 Å². The van der Waals surface area contributed by atoms with Gasteiger partial charge in [-0.25, -0.2) is 9.48 Å². The predicted octanol–water partition coefficient (Wildman–Crippen LogP) is 2.37. The van der Waals surface area contributed by atoms with E-state index in [9.17, 15) is 22.8 Å². The quantitative estimate of drug-likeness (QED) is 0.790. The third-order valence-corrected chi connectivity index (χ3v) is 4.66. The number of carbonyl (C=O) groups excluding carboxylic acids is 1. The molecule has 0 saturated carbocycles. The fourth-order valence-electron chi connectivity index (χ4n) is 3.27. The molecule has 0 spiro atoms. The van der Waals surface area contributed by atoms with Gasteiger partial charge in [-0.05, 0) is 31.9 Å². The van der Waals surface area contributed by atoms with Crippen LogP contribution in [0, 0.1) is 0 Å². The summed E-state index contributed by atoms with van der Waals surface area (Å²) in [5.41, 5.74) is -1.19. The number of nitrogens with zero attached hydrogens (tertiary/aromatic N) is 3. The summed E-state index contributed by atoms with van der Waals surface area (Å²) >= 11 is 0. The number of nitrogens with one attached hydrogen (secondary N) is 1. The number of hydrogen-bond acceptors (Lipinski definition) is 4. The summed E-state index contributed by atoms with van der Waals surface area (Å²) < 4.78 is 47.0. The van der Waals surface area contributed by atoms with Crippen molar-refractivity contribution in [3.8, 4) is 5.75 Å². The van der Waals surface area contributed by atoms with Gasteiger partial charge < -0.3 is 10.1 Å². The van der Waals surface area contributed by atoms with Crippen LogP contribution < -0.4 is 15.7 Å². The van der Waals surface area contributed by atoms with Crippen molar-refractivity contribution in [3.05, 3.63) is 46.1 Å². The van der Waals surface area contributed by atoms with Crippen molar-refractivity contribution in [1.29, 1.82) is 0 Å². The van der Waals surface area contributed by atoms with Crippen LogP contribution in [0.25, 0.3) is 0 Å². The molecule has 0 radical (unpaired) electrons. The lowest BCUT2D eigenvalue weighted by atomic mass is 10.2. The molecule has 1 aromatic heterocycles. The van der Waals surface area contributed by atoms with Crippen LogP contribution in [0.2, 0.25) is 0 Å². The van der Waals surface area contributed by atoms with E-state index in [1.54, 1.807) is 11.5 Å². The molecule has 1 unspecified atom stereocenters. The van der Waals surface area contributed by atoms with Gasteiger partial charge in [0.15, 0.2) is 0 Å². The van der Waals surface area contributed by atoms with Gasteiger partial charge in [0.1, 0.15) is 24.7 Å². The fourth-order valence-corrected chi connectivity index (χ4v) is 3.27. The topological polar surface area (TPSA) is 78.2 Å². The van der Waals surface area contributed by atoms with E-state index in [4.69, 9.17) is 4.74 Å². The Labute approximate surface area is 165 Å². The lowest BCUT2D eigenvalue weighted by Crippen LogP contribution is -2.40. The van der Waals surface area contributed by atoms with E-state index in [0.717, 1.165) is 30.0 Å². The molecule has 158 valence electrons. The van der Waals surface area contributed by atoms with Gasteiger partial charge >= 0.3 is 11.9 Å². The van der Waals surface area contributed by atoms with E-state index in [-0.39, 0.29) is 24.6 Å². The van der Waals surface area contributed by atoms with Crippen LogP contribution in [0.1, 0.15) is 37.6 Å². The molecule has 0 fully saturated rings. The molecule has 0 aliphatic carbocycles. The summed E-state index contributed by atoms with van der Waals surface area (Å²) in [6, 6.07) is 4.34. The first-order valence-electron chi connectivity index (χ1n) is 9.50. The third-order valence-electron chi connectivity index (χ3n) is 4.66. The Morgan fingerprint density at radius 2 is 2.03 bits per heavy atom. The summed E-state index contributed by atoms with van der Waals surface area (Å²) in [6.07, 6.45) is -0.927. The molecular formula is C19H23F3N4O3. The molecule has 1 N–H and O–H groups in total. The summed E-state index contributed by atoms with van der Waals surface area (Å²) in [6.45, 7) is 1.81. The lowest BCUT2D eigenvalue weighted by molar-refractivity contribution is -0.139. The molecule has 0 saturated heterocycles. The zero-order valence-corrected chi connectivity index (χ0v) is 16.0. The summed E-state index contributed by atoms with van der Waals surface area (Å²) in [5.74, 6) is -0.0730. The Bertz CT molecular complexity index is 920. The maximum atomic E-state index is 13.0. The van der Waals surface area contributed by atoms with Crippen molar-refractivity contribution in [3.63, 3.8) is 0 Å². The molecule has 2 heterocycles. The number of carbonyl (C=O) groups is 1. The van der Waals surface area contributed by atoms with Crippen LogP contribution in [0.4, 0.5) is 13.2 Å². The molecule has 7 nitrogen and oxygen atoms in total. The maximum Gasteiger partial charge on any atom is 0.419 e. The van der Waals surface area contributed by atoms with E-state index in [1.807, 2.05) is 0 Å². The highest BCUT2D eigenvalue weighted by Crippen LogP contribution is 2.35. The van der Waals surface area contributed by atoms with Crippen molar-refractivity contribution in [2.45, 2.75) is 57.9 Å². The normalized spacial score (nSPS) is 15.3. The van der Waals surface area contributed by atoms with Gasteiger partial charge in [-0.2, -0.15) is 18.3 Å². The molecule has 29 heavy (non-hydrogen) atoms. The van der Waals surface area contributed by atoms with Crippen LogP contribution in [0.3, 0.4) is 0 Å². The van der Waals surface area contributed by atoms with Crippen molar-refractivity contribution in [1.82, 2.24) is 19.7 Å². The van der Waals surface area contributed by atoms with Crippen molar-refractivity contribution in [2.24, 2.45) is 0 Å². The molecule has 10 heteroatoms. The highest BCUT2D eigenvalue weighted by Gasteiger charge is 2.34. The molecule has 3 rings (SSSR count). The number of ether oxygens (including phenoxy) is 1. The molecule has 1 aliphatic rings. The number of rotatable bonds is 6. The van der Waals surface area contributed by atoms with E-state index in [2.05, 4.69) is 10.4 Å². The molecule has 1 aliphatic heterocycles. The van der Waals surface area contributed by atoms with Crippen molar-refractivity contribution in [2.75, 3.05) is 6.61 Å². The first kappa shape index (κ1) is 20.9. The molecule has 1 aromatic carbocycles. The van der Waals surface area contributed by atoms with Crippen LogP contribution >= 0.6 is 0 Å². The Morgan fingerprint density at radius 3 is 2.79 bits per heavy atom. The number of aryl methyl sites for hydroxylation is 1. The molecule has 2 aromatic rings. The zero-order chi connectivity index (χ0) is 21.0. The van der Waals surface area contributed by atoms with Gasteiger partial charge in [-0.3, -0.25) is 9.36 Å². The highest BCUT2D eigenvalue weighted by atomic mass is 19.4. The first-order valence-corrected chi connectivity index (χ1v) is 9.50. The van der Waals surface area contributed by atoms with Crippen LogP contribution in [-0.4, -0.2) is 32.9 Å². The Balaban J connectivity index is 1.56. The Morgan fingerprint density at radius 1 is 1.28 bits per heavy atom. The van der Waals surface area contributed by atoms with Crippen molar-refractivity contribution < 1.29 is 22.7 Å². The summed E-state index contributed by atoms with van der Waals surface area (Å²) in [7, 11) is 0. The molecule has 1 atom stereocenters. The number of aromatic nitrogens is 3. The minimum absolute atomic E-state index is 0.145. The van der Waals surface area contributed by atoms with Crippen LogP contribution in [-0.2, 0) is 30.5 Å². The van der Waals surface area contributed by atoms with E-state index in [1.165, 1.54) is 18.2 Å². The van der Waals surface area contributed by atoms with Gasteiger partial charge in [0, 0.05) is 13.0 Å². The molecular weight excluding hydrogens is 389 g/mol. The average molecular weight is 412 g/mol.